The van der Waals surface area contributed by atoms with Crippen LogP contribution < -0.4 is 15.4 Å². The first-order valence-electron chi connectivity index (χ1n) is 16.4. The highest BCUT2D eigenvalue weighted by atomic mass is 16.6. The lowest BCUT2D eigenvalue weighted by atomic mass is 9.95. The van der Waals surface area contributed by atoms with E-state index in [2.05, 4.69) is 17.6 Å². The summed E-state index contributed by atoms with van der Waals surface area (Å²) in [7, 11) is 0. The van der Waals surface area contributed by atoms with E-state index >= 15 is 0 Å². The van der Waals surface area contributed by atoms with Crippen molar-refractivity contribution in [2.45, 2.75) is 104 Å². The van der Waals surface area contributed by atoms with Crippen LogP contribution in [0.5, 0.6) is 5.75 Å². The number of benzene rings is 1. The fraction of sp³-hybridized carbons (Fsp3) is 0.606. The summed E-state index contributed by atoms with van der Waals surface area (Å²) in [6.07, 6.45) is 9.09. The van der Waals surface area contributed by atoms with Gasteiger partial charge in [0, 0.05) is 24.9 Å². The number of hydrogen-bond donors (Lipinski definition) is 3. The topological polar surface area (TPSA) is 153 Å². The molecule has 0 radical (unpaired) electrons. The second-order valence-electron chi connectivity index (χ2n) is 12.5. The average molecular weight is 640 g/mol. The lowest BCUT2D eigenvalue weighted by Crippen LogP contribution is -2.40. The van der Waals surface area contributed by atoms with Gasteiger partial charge in [-0.1, -0.05) is 32.6 Å². The van der Waals surface area contributed by atoms with E-state index in [1.54, 1.807) is 27.1 Å². The molecule has 46 heavy (non-hydrogen) atoms. The zero-order chi connectivity index (χ0) is 33.1. The molecular weight excluding hydrogens is 590 g/mol. The minimum atomic E-state index is -1.10. The number of rotatable bonds is 16. The summed E-state index contributed by atoms with van der Waals surface area (Å²) in [5, 5.41) is 16.2. The quantitative estimate of drug-likeness (QED) is 0.143. The van der Waals surface area contributed by atoms with Crippen LogP contribution in [0.1, 0.15) is 92.2 Å². The maximum Gasteiger partial charge on any atom is 0.410 e. The largest absolute Gasteiger partial charge is 0.494 e. The summed E-state index contributed by atoms with van der Waals surface area (Å²) in [6, 6.07) is 7.78. The van der Waals surface area contributed by atoms with Crippen LogP contribution >= 0.6 is 0 Å². The molecule has 1 amide bonds. The Balaban J connectivity index is 1.43. The molecule has 1 atom stereocenters. The van der Waals surface area contributed by atoms with Gasteiger partial charge in [0.1, 0.15) is 24.1 Å². The molecule has 0 saturated heterocycles. The highest BCUT2D eigenvalue weighted by Gasteiger charge is 2.24. The number of imidazole rings is 1. The lowest BCUT2D eigenvalue weighted by molar-refractivity contribution is -0.138. The lowest BCUT2D eigenvalue weighted by Gasteiger charge is -2.26. The highest BCUT2D eigenvalue weighted by molar-refractivity contribution is 5.85. The van der Waals surface area contributed by atoms with Crippen LogP contribution in [0.15, 0.2) is 30.6 Å². The van der Waals surface area contributed by atoms with Crippen molar-refractivity contribution in [3.63, 3.8) is 0 Å². The Morgan fingerprint density at radius 1 is 1.11 bits per heavy atom. The molecule has 0 aliphatic heterocycles. The smallest absolute Gasteiger partial charge is 0.410 e. The van der Waals surface area contributed by atoms with Gasteiger partial charge in [0.05, 0.1) is 12.9 Å². The monoisotopic (exact) mass is 639 g/mol. The number of nitrogens with one attached hydrogen (secondary N) is 2. The summed E-state index contributed by atoms with van der Waals surface area (Å²) in [5.74, 6) is 0.706. The van der Waals surface area contributed by atoms with E-state index in [4.69, 9.17) is 29.2 Å². The zero-order valence-corrected chi connectivity index (χ0v) is 27.8. The number of carboxylic acids is 1. The Morgan fingerprint density at radius 2 is 1.85 bits per heavy atom. The average Bonchev–Trinajstić information content (AvgIpc) is 3.43. The summed E-state index contributed by atoms with van der Waals surface area (Å²) < 4.78 is 19.3. The number of nitrogens with zero attached hydrogens (tertiary/aromatic N) is 5. The number of ether oxygens (including phenoxy) is 3. The number of aliphatic carboxylic acids is 1. The first-order valence-corrected chi connectivity index (χ1v) is 16.4. The number of hydrogen-bond acceptors (Lipinski definition) is 10. The molecule has 1 saturated carbocycles. The molecule has 0 spiro atoms. The summed E-state index contributed by atoms with van der Waals surface area (Å²) in [6.45, 7) is 9.98. The van der Waals surface area contributed by atoms with Crippen LogP contribution in [0.4, 0.5) is 22.2 Å². The van der Waals surface area contributed by atoms with Gasteiger partial charge in [-0.05, 0) is 77.6 Å². The van der Waals surface area contributed by atoms with E-state index in [0.29, 0.717) is 48.8 Å². The molecule has 1 unspecified atom stereocenters. The highest BCUT2D eigenvalue weighted by Crippen LogP contribution is 2.30. The molecular formula is C33H49N7O6. The van der Waals surface area contributed by atoms with E-state index in [1.807, 2.05) is 35.8 Å². The number of amides is 1. The molecule has 3 N–H and O–H groups in total. The fourth-order valence-corrected chi connectivity index (χ4v) is 5.40. The molecule has 13 nitrogen and oxygen atoms in total. The molecule has 2 aromatic heterocycles. The maximum atomic E-state index is 12.4. The Hall–Kier alpha value is -4.13. The van der Waals surface area contributed by atoms with Crippen molar-refractivity contribution in [1.82, 2.24) is 24.4 Å². The molecule has 2 heterocycles. The van der Waals surface area contributed by atoms with Gasteiger partial charge in [0.2, 0.25) is 5.95 Å². The first-order chi connectivity index (χ1) is 22.1. The Kier molecular flexibility index (Phi) is 12.4. The van der Waals surface area contributed by atoms with Crippen LogP contribution in [0, 0.1) is 0 Å². The van der Waals surface area contributed by atoms with Gasteiger partial charge in [-0.2, -0.15) is 9.97 Å². The van der Waals surface area contributed by atoms with Crippen molar-refractivity contribution in [3.8, 4) is 5.75 Å². The minimum Gasteiger partial charge on any atom is -0.494 e. The fourth-order valence-electron chi connectivity index (χ4n) is 5.40. The van der Waals surface area contributed by atoms with Crippen molar-refractivity contribution < 1.29 is 28.9 Å². The van der Waals surface area contributed by atoms with Gasteiger partial charge in [-0.25, -0.2) is 9.78 Å². The molecule has 1 aromatic carbocycles. The normalized spacial score (nSPS) is 14.5. The summed E-state index contributed by atoms with van der Waals surface area (Å²) >= 11 is 0. The van der Waals surface area contributed by atoms with E-state index in [-0.39, 0.29) is 12.8 Å². The third kappa shape index (κ3) is 10.2. The van der Waals surface area contributed by atoms with Gasteiger partial charge in [0.15, 0.2) is 17.0 Å². The maximum absolute atomic E-state index is 12.4. The predicted molar refractivity (Wildman–Crippen MR) is 177 cm³/mol. The number of anilines is 3. The van der Waals surface area contributed by atoms with Gasteiger partial charge in [-0.15, -0.1) is 0 Å². The third-order valence-corrected chi connectivity index (χ3v) is 7.50. The molecule has 1 aliphatic carbocycles. The summed E-state index contributed by atoms with van der Waals surface area (Å²) in [5.41, 5.74) is 1.51. The van der Waals surface area contributed by atoms with Crippen LogP contribution in [0.2, 0.25) is 0 Å². The van der Waals surface area contributed by atoms with Crippen molar-refractivity contribution in [2.24, 2.45) is 0 Å². The van der Waals surface area contributed by atoms with Gasteiger partial charge in [-0.3, -0.25) is 14.3 Å². The number of carbonyl (C=O) groups is 2. The van der Waals surface area contributed by atoms with Crippen molar-refractivity contribution in [2.75, 3.05) is 36.9 Å². The Bertz CT molecular complexity index is 1410. The van der Waals surface area contributed by atoms with E-state index < -0.39 is 24.2 Å². The molecule has 4 rings (SSSR count). The molecule has 252 valence electrons. The predicted octanol–water partition coefficient (Wildman–Crippen LogP) is 6.74. The van der Waals surface area contributed by atoms with Crippen LogP contribution in [-0.2, 0) is 14.3 Å². The zero-order valence-electron chi connectivity index (χ0n) is 27.8. The van der Waals surface area contributed by atoms with Gasteiger partial charge in [0.25, 0.3) is 0 Å². The minimum absolute atomic E-state index is 0.165. The number of fused-ring (bicyclic) bond motifs is 1. The SMILES string of the molecule is CCCC(OCC)n1cnc2c(NC3CCCCC3)nc(Nc3ccc(OCCCN(CC(=O)O)C(=O)OC(C)(C)C)cc3)nc21. The second-order valence-corrected chi connectivity index (χ2v) is 12.5. The van der Waals surface area contributed by atoms with Crippen LogP contribution in [-0.4, -0.2) is 79.5 Å². The molecule has 1 fully saturated rings. The van der Waals surface area contributed by atoms with Crippen molar-refractivity contribution >= 4 is 40.7 Å². The standard InChI is InChI=1S/C33H49N7O6/c1-6-12-26(44-7-2)40-22-34-28-29(35-23-13-9-8-10-14-23)37-31(38-30(28)40)36-24-15-17-25(18-16-24)45-20-11-19-39(21-27(41)42)32(43)46-33(3,4)5/h15-18,22-23,26H,6-14,19-21H2,1-5H3,(H,41,42)(H2,35,36,37,38). The van der Waals surface area contributed by atoms with E-state index in [0.717, 1.165) is 36.9 Å². The van der Waals surface area contributed by atoms with E-state index in [9.17, 15) is 14.7 Å². The van der Waals surface area contributed by atoms with E-state index in [1.165, 1.54) is 24.2 Å². The van der Waals surface area contributed by atoms with Crippen molar-refractivity contribution in [1.29, 1.82) is 0 Å². The number of carboxylic acid groups (broad SMARTS) is 1. The Morgan fingerprint density at radius 3 is 2.50 bits per heavy atom. The molecule has 0 bridgehead atoms. The molecule has 13 heteroatoms. The summed E-state index contributed by atoms with van der Waals surface area (Å²) in [4.78, 5) is 39.2. The second kappa shape index (κ2) is 16.4. The number of carbonyl (C=O) groups excluding carboxylic acids is 1. The Labute approximate surface area is 271 Å². The number of aromatic nitrogens is 4. The van der Waals surface area contributed by atoms with Crippen LogP contribution in [0.3, 0.4) is 0 Å². The van der Waals surface area contributed by atoms with Gasteiger partial charge >= 0.3 is 12.1 Å². The third-order valence-electron chi connectivity index (χ3n) is 7.50. The van der Waals surface area contributed by atoms with Gasteiger partial charge < -0.3 is 30.0 Å². The molecule has 3 aromatic rings. The van der Waals surface area contributed by atoms with Crippen molar-refractivity contribution in [3.05, 3.63) is 30.6 Å². The molecule has 1 aliphatic rings. The first kappa shape index (κ1) is 34.7. The van der Waals surface area contributed by atoms with Crippen LogP contribution in [0.25, 0.3) is 11.2 Å².